The Hall–Kier alpha value is -2.35. The summed E-state index contributed by atoms with van der Waals surface area (Å²) >= 11 is 12.7. The van der Waals surface area contributed by atoms with Crippen molar-refractivity contribution in [3.63, 3.8) is 0 Å². The number of benzene rings is 1. The molecule has 0 aliphatic carbocycles. The molecule has 2 heterocycles. The fourth-order valence-corrected chi connectivity index (χ4v) is 3.32. The second-order valence-electron chi connectivity index (χ2n) is 6.57. The minimum atomic E-state index is 0.0267. The molecule has 0 radical (unpaired) electrons. The molecule has 148 valence electrons. The Labute approximate surface area is 174 Å². The summed E-state index contributed by atoms with van der Waals surface area (Å²) in [5.74, 6) is 1.44. The highest BCUT2D eigenvalue weighted by Crippen LogP contribution is 2.31. The maximum absolute atomic E-state index is 9.08. The molecule has 28 heavy (non-hydrogen) atoms. The molecule has 3 aromatic rings. The normalized spacial score (nSPS) is 10.9. The first-order chi connectivity index (χ1) is 13.4. The van der Waals surface area contributed by atoms with E-state index < -0.39 is 0 Å². The number of aliphatic hydroxyl groups excluding tert-OH is 1. The molecule has 0 atom stereocenters. The number of hydrogen-bond acceptors (Lipinski definition) is 6. The fourth-order valence-electron chi connectivity index (χ4n) is 2.80. The van der Waals surface area contributed by atoms with Gasteiger partial charge in [0.25, 0.3) is 0 Å². The SMILES string of the molecule is CN(C)c1ncc(-c2cnn(CCO)c2)nc1N(C)Cc1c(Cl)cccc1Cl. The summed E-state index contributed by atoms with van der Waals surface area (Å²) in [5, 5.41) is 14.5. The van der Waals surface area contributed by atoms with Crippen LogP contribution in [-0.4, -0.2) is 52.6 Å². The van der Waals surface area contributed by atoms with Crippen LogP contribution in [0.4, 0.5) is 11.6 Å². The van der Waals surface area contributed by atoms with Crippen molar-refractivity contribution in [3.8, 4) is 11.3 Å². The molecule has 0 fully saturated rings. The standard InChI is InChI=1S/C19H22Cl2N6O/c1-25(2)18-19(26(3)12-14-15(20)5-4-6-16(14)21)24-17(10-22-18)13-9-23-27(11-13)7-8-28/h4-6,9-11,28H,7-8,12H2,1-3H3. The van der Waals surface area contributed by atoms with E-state index in [1.54, 1.807) is 17.1 Å². The van der Waals surface area contributed by atoms with Crippen LogP contribution in [-0.2, 0) is 13.1 Å². The molecular weight excluding hydrogens is 399 g/mol. The van der Waals surface area contributed by atoms with Gasteiger partial charge in [0, 0.05) is 55.1 Å². The Balaban J connectivity index is 1.97. The van der Waals surface area contributed by atoms with E-state index in [2.05, 4.69) is 10.1 Å². The summed E-state index contributed by atoms with van der Waals surface area (Å²) < 4.78 is 1.67. The topological polar surface area (TPSA) is 70.3 Å². The zero-order chi connectivity index (χ0) is 20.3. The molecule has 1 aromatic carbocycles. The number of halogens is 2. The summed E-state index contributed by atoms with van der Waals surface area (Å²) in [6.45, 7) is 0.946. The van der Waals surface area contributed by atoms with E-state index in [4.69, 9.17) is 33.3 Å². The smallest absolute Gasteiger partial charge is 0.172 e. The molecule has 0 unspecified atom stereocenters. The van der Waals surface area contributed by atoms with E-state index in [1.807, 2.05) is 55.3 Å². The molecule has 0 spiro atoms. The van der Waals surface area contributed by atoms with Gasteiger partial charge in [-0.05, 0) is 12.1 Å². The third-order valence-electron chi connectivity index (χ3n) is 4.24. The first-order valence-corrected chi connectivity index (χ1v) is 9.48. The number of nitrogens with zero attached hydrogens (tertiary/aromatic N) is 6. The van der Waals surface area contributed by atoms with Crippen molar-refractivity contribution < 1.29 is 5.11 Å². The van der Waals surface area contributed by atoms with Crippen LogP contribution in [0.5, 0.6) is 0 Å². The lowest BCUT2D eigenvalue weighted by molar-refractivity contribution is 0.269. The van der Waals surface area contributed by atoms with Gasteiger partial charge < -0.3 is 14.9 Å². The molecular formula is C19H22Cl2N6O. The molecule has 0 amide bonds. The highest BCUT2D eigenvalue weighted by molar-refractivity contribution is 6.36. The summed E-state index contributed by atoms with van der Waals surface area (Å²) in [7, 11) is 5.77. The second-order valence-corrected chi connectivity index (χ2v) is 7.38. The van der Waals surface area contributed by atoms with Gasteiger partial charge in [-0.3, -0.25) is 4.68 Å². The van der Waals surface area contributed by atoms with Crippen LogP contribution in [0.15, 0.2) is 36.8 Å². The Morgan fingerprint density at radius 2 is 1.79 bits per heavy atom. The van der Waals surface area contributed by atoms with E-state index in [-0.39, 0.29) is 6.61 Å². The first-order valence-electron chi connectivity index (χ1n) is 8.72. The Kier molecular flexibility index (Phi) is 6.39. The minimum Gasteiger partial charge on any atom is -0.394 e. The first kappa shape index (κ1) is 20.4. The lowest BCUT2D eigenvalue weighted by Gasteiger charge is -2.24. The van der Waals surface area contributed by atoms with Gasteiger partial charge in [-0.2, -0.15) is 5.10 Å². The lowest BCUT2D eigenvalue weighted by Crippen LogP contribution is -2.23. The Morgan fingerprint density at radius 3 is 2.43 bits per heavy atom. The van der Waals surface area contributed by atoms with Crippen LogP contribution >= 0.6 is 23.2 Å². The number of aromatic nitrogens is 4. The zero-order valence-corrected chi connectivity index (χ0v) is 17.5. The van der Waals surface area contributed by atoms with Gasteiger partial charge in [-0.1, -0.05) is 29.3 Å². The molecule has 2 aromatic heterocycles. The van der Waals surface area contributed by atoms with Crippen LogP contribution in [0, 0.1) is 0 Å². The Morgan fingerprint density at radius 1 is 1.07 bits per heavy atom. The van der Waals surface area contributed by atoms with E-state index in [9.17, 15) is 0 Å². The fraction of sp³-hybridized carbons (Fsp3) is 0.316. The van der Waals surface area contributed by atoms with Crippen LogP contribution in [0.1, 0.15) is 5.56 Å². The van der Waals surface area contributed by atoms with Crippen molar-refractivity contribution in [2.45, 2.75) is 13.1 Å². The number of rotatable bonds is 7. The maximum Gasteiger partial charge on any atom is 0.172 e. The van der Waals surface area contributed by atoms with E-state index in [0.29, 0.717) is 34.6 Å². The molecule has 9 heteroatoms. The van der Waals surface area contributed by atoms with Crippen molar-refractivity contribution in [2.24, 2.45) is 0 Å². The second kappa shape index (κ2) is 8.77. The molecule has 0 bridgehead atoms. The average Bonchev–Trinajstić information content (AvgIpc) is 3.13. The molecule has 1 N–H and O–H groups in total. The molecule has 0 aliphatic heterocycles. The highest BCUT2D eigenvalue weighted by atomic mass is 35.5. The van der Waals surface area contributed by atoms with Crippen molar-refractivity contribution in [3.05, 3.63) is 52.4 Å². The summed E-state index contributed by atoms with van der Waals surface area (Å²) in [6, 6.07) is 5.46. The summed E-state index contributed by atoms with van der Waals surface area (Å²) in [4.78, 5) is 13.3. The van der Waals surface area contributed by atoms with Gasteiger partial charge in [0.1, 0.15) is 0 Å². The van der Waals surface area contributed by atoms with Gasteiger partial charge in [0.05, 0.1) is 31.2 Å². The van der Waals surface area contributed by atoms with Crippen LogP contribution in [0.3, 0.4) is 0 Å². The molecule has 0 saturated heterocycles. The number of aliphatic hydroxyl groups is 1. The molecule has 0 saturated carbocycles. The summed E-state index contributed by atoms with van der Waals surface area (Å²) in [6.07, 6.45) is 5.27. The van der Waals surface area contributed by atoms with Gasteiger partial charge >= 0.3 is 0 Å². The third-order valence-corrected chi connectivity index (χ3v) is 4.94. The van der Waals surface area contributed by atoms with Crippen molar-refractivity contribution in [2.75, 3.05) is 37.5 Å². The predicted molar refractivity (Wildman–Crippen MR) is 113 cm³/mol. The third kappa shape index (κ3) is 4.38. The van der Waals surface area contributed by atoms with Gasteiger partial charge in [0.2, 0.25) is 0 Å². The lowest BCUT2D eigenvalue weighted by atomic mass is 10.2. The monoisotopic (exact) mass is 420 g/mol. The van der Waals surface area contributed by atoms with Crippen molar-refractivity contribution >= 4 is 34.8 Å². The van der Waals surface area contributed by atoms with E-state index in [0.717, 1.165) is 16.9 Å². The van der Waals surface area contributed by atoms with Crippen LogP contribution in [0.2, 0.25) is 10.0 Å². The highest BCUT2D eigenvalue weighted by Gasteiger charge is 2.18. The molecule has 0 aliphatic rings. The maximum atomic E-state index is 9.08. The van der Waals surface area contributed by atoms with Crippen LogP contribution in [0.25, 0.3) is 11.3 Å². The van der Waals surface area contributed by atoms with Gasteiger partial charge in [0.15, 0.2) is 11.6 Å². The number of anilines is 2. The van der Waals surface area contributed by atoms with Crippen molar-refractivity contribution in [1.29, 1.82) is 0 Å². The van der Waals surface area contributed by atoms with Gasteiger partial charge in [-0.15, -0.1) is 0 Å². The molecule has 7 nitrogen and oxygen atoms in total. The number of hydrogen-bond donors (Lipinski definition) is 1. The Bertz CT molecular complexity index is 939. The quantitative estimate of drug-likeness (QED) is 0.631. The van der Waals surface area contributed by atoms with E-state index >= 15 is 0 Å². The zero-order valence-electron chi connectivity index (χ0n) is 16.0. The van der Waals surface area contributed by atoms with Crippen LogP contribution < -0.4 is 9.80 Å². The molecule has 3 rings (SSSR count). The predicted octanol–water partition coefficient (Wildman–Crippen LogP) is 3.34. The largest absolute Gasteiger partial charge is 0.394 e. The minimum absolute atomic E-state index is 0.0267. The van der Waals surface area contributed by atoms with E-state index in [1.165, 1.54) is 0 Å². The van der Waals surface area contributed by atoms with Crippen molar-refractivity contribution in [1.82, 2.24) is 19.7 Å². The van der Waals surface area contributed by atoms with Gasteiger partial charge in [-0.25, -0.2) is 9.97 Å². The average molecular weight is 421 g/mol. The summed E-state index contributed by atoms with van der Waals surface area (Å²) in [5.41, 5.74) is 2.36.